The van der Waals surface area contributed by atoms with Crippen LogP contribution in [0.2, 0.25) is 0 Å². The largest absolute Gasteiger partial charge is 0.396 e. The molecule has 1 aromatic rings. The molecule has 100 valence electrons. The molecule has 0 radical (unpaired) electrons. The van der Waals surface area contributed by atoms with Crippen molar-refractivity contribution < 1.29 is 14.6 Å². The topological polar surface area (TPSA) is 58.6 Å². The molecule has 0 fully saturated rings. The maximum Gasteiger partial charge on any atom is 0.254 e. The number of methoxy groups -OCH3 is 1. The van der Waals surface area contributed by atoms with Crippen LogP contribution >= 0.6 is 0 Å². The Hall–Kier alpha value is -1.39. The van der Waals surface area contributed by atoms with Gasteiger partial charge in [0.25, 0.3) is 5.91 Å². The second-order valence-corrected chi connectivity index (χ2v) is 4.87. The van der Waals surface area contributed by atoms with Gasteiger partial charge in [-0.05, 0) is 25.8 Å². The van der Waals surface area contributed by atoms with Crippen molar-refractivity contribution in [2.75, 3.05) is 13.7 Å². The van der Waals surface area contributed by atoms with Gasteiger partial charge in [-0.15, -0.1) is 0 Å². The van der Waals surface area contributed by atoms with Crippen LogP contribution in [0.25, 0.3) is 0 Å². The number of aliphatic hydroxyl groups is 1. The molecule has 2 N–H and O–H groups in total. The van der Waals surface area contributed by atoms with E-state index < -0.39 is 11.6 Å². The Morgan fingerprint density at radius 2 is 2.00 bits per heavy atom. The third-order valence-electron chi connectivity index (χ3n) is 2.77. The highest BCUT2D eigenvalue weighted by Crippen LogP contribution is 2.18. The van der Waals surface area contributed by atoms with Crippen molar-refractivity contribution in [1.82, 2.24) is 5.32 Å². The number of benzene rings is 1. The first-order valence-electron chi connectivity index (χ1n) is 6.01. The third kappa shape index (κ3) is 4.13. The molecule has 4 heteroatoms. The number of amides is 1. The molecule has 0 aromatic heterocycles. The van der Waals surface area contributed by atoms with Gasteiger partial charge in [0.05, 0.1) is 0 Å². The highest BCUT2D eigenvalue weighted by Gasteiger charge is 2.26. The van der Waals surface area contributed by atoms with Crippen molar-refractivity contribution in [3.63, 3.8) is 0 Å². The Bertz CT molecular complexity index is 376. The molecule has 1 rings (SSSR count). The SMILES string of the molecule is COC(C(=O)NC(C)(C)CCO)c1ccccc1. The van der Waals surface area contributed by atoms with Gasteiger partial charge in [0.1, 0.15) is 0 Å². The number of hydrogen-bond acceptors (Lipinski definition) is 3. The maximum absolute atomic E-state index is 12.1. The van der Waals surface area contributed by atoms with E-state index >= 15 is 0 Å². The van der Waals surface area contributed by atoms with E-state index in [2.05, 4.69) is 5.32 Å². The van der Waals surface area contributed by atoms with E-state index in [0.29, 0.717) is 6.42 Å². The van der Waals surface area contributed by atoms with Crippen molar-refractivity contribution in [2.45, 2.75) is 31.9 Å². The van der Waals surface area contributed by atoms with Gasteiger partial charge in [-0.25, -0.2) is 0 Å². The van der Waals surface area contributed by atoms with Gasteiger partial charge >= 0.3 is 0 Å². The minimum Gasteiger partial charge on any atom is -0.396 e. The molecule has 4 nitrogen and oxygen atoms in total. The second kappa shape index (κ2) is 6.52. The lowest BCUT2D eigenvalue weighted by molar-refractivity contribution is -0.133. The summed E-state index contributed by atoms with van der Waals surface area (Å²) in [6, 6.07) is 9.34. The summed E-state index contributed by atoms with van der Waals surface area (Å²) in [7, 11) is 1.51. The number of carbonyl (C=O) groups is 1. The minimum atomic E-state index is -0.621. The van der Waals surface area contributed by atoms with Gasteiger partial charge < -0.3 is 15.2 Å². The second-order valence-electron chi connectivity index (χ2n) is 4.87. The van der Waals surface area contributed by atoms with Gasteiger partial charge in [0.15, 0.2) is 6.10 Å². The fourth-order valence-corrected chi connectivity index (χ4v) is 1.76. The third-order valence-corrected chi connectivity index (χ3v) is 2.77. The van der Waals surface area contributed by atoms with Gasteiger partial charge in [0.2, 0.25) is 0 Å². The van der Waals surface area contributed by atoms with E-state index in [9.17, 15) is 4.79 Å². The zero-order valence-electron chi connectivity index (χ0n) is 11.1. The predicted molar refractivity (Wildman–Crippen MR) is 70.1 cm³/mol. The first-order valence-corrected chi connectivity index (χ1v) is 6.01. The van der Waals surface area contributed by atoms with E-state index in [1.807, 2.05) is 44.2 Å². The normalized spacial score (nSPS) is 13.1. The molecule has 1 unspecified atom stereocenters. The lowest BCUT2D eigenvalue weighted by Crippen LogP contribution is -2.46. The first kappa shape index (κ1) is 14.7. The molecule has 0 heterocycles. The molecule has 1 atom stereocenters. The van der Waals surface area contributed by atoms with Gasteiger partial charge in [-0.3, -0.25) is 4.79 Å². The van der Waals surface area contributed by atoms with Crippen LogP contribution in [0.3, 0.4) is 0 Å². The Morgan fingerprint density at radius 3 is 2.50 bits per heavy atom. The zero-order chi connectivity index (χ0) is 13.6. The smallest absolute Gasteiger partial charge is 0.254 e. The number of rotatable bonds is 6. The molecule has 0 saturated heterocycles. The molecule has 0 spiro atoms. The maximum atomic E-state index is 12.1. The number of aliphatic hydroxyl groups excluding tert-OH is 1. The van der Waals surface area contributed by atoms with Gasteiger partial charge in [0, 0.05) is 19.3 Å². The summed E-state index contributed by atoms with van der Waals surface area (Å²) in [4.78, 5) is 12.1. The fraction of sp³-hybridized carbons (Fsp3) is 0.500. The molecule has 0 bridgehead atoms. The molecule has 18 heavy (non-hydrogen) atoms. The Kier molecular flexibility index (Phi) is 5.31. The van der Waals surface area contributed by atoms with Crippen LogP contribution in [0.1, 0.15) is 31.9 Å². The van der Waals surface area contributed by atoms with Crippen LogP contribution < -0.4 is 5.32 Å². The summed E-state index contributed by atoms with van der Waals surface area (Å²) < 4.78 is 5.25. The Balaban J connectivity index is 2.75. The summed E-state index contributed by atoms with van der Waals surface area (Å²) in [5.74, 6) is -0.192. The molecule has 1 amide bonds. The van der Waals surface area contributed by atoms with Gasteiger partial charge in [-0.1, -0.05) is 30.3 Å². The standard InChI is InChI=1S/C14H21NO3/c1-14(2,9-10-16)15-13(17)12(18-3)11-7-5-4-6-8-11/h4-8,12,16H,9-10H2,1-3H3,(H,15,17). The van der Waals surface area contributed by atoms with Crippen molar-refractivity contribution in [3.8, 4) is 0 Å². The van der Waals surface area contributed by atoms with Crippen LogP contribution in [-0.4, -0.2) is 30.3 Å². The van der Waals surface area contributed by atoms with Crippen LogP contribution in [0.4, 0.5) is 0 Å². The van der Waals surface area contributed by atoms with Crippen molar-refractivity contribution in [1.29, 1.82) is 0 Å². The van der Waals surface area contributed by atoms with Crippen LogP contribution in [0.5, 0.6) is 0 Å². The average molecular weight is 251 g/mol. The molecule has 0 aliphatic rings. The summed E-state index contributed by atoms with van der Waals surface area (Å²) in [6.45, 7) is 3.79. The lowest BCUT2D eigenvalue weighted by atomic mass is 10.00. The van der Waals surface area contributed by atoms with Crippen LogP contribution in [0.15, 0.2) is 30.3 Å². The summed E-state index contributed by atoms with van der Waals surface area (Å²) in [6.07, 6.45) is -0.117. The number of nitrogens with one attached hydrogen (secondary N) is 1. The van der Waals surface area contributed by atoms with Crippen LogP contribution in [0, 0.1) is 0 Å². The molecular formula is C14H21NO3. The predicted octanol–water partition coefficient (Wildman–Crippen LogP) is 1.65. The zero-order valence-corrected chi connectivity index (χ0v) is 11.1. The monoisotopic (exact) mass is 251 g/mol. The average Bonchev–Trinajstić information content (AvgIpc) is 2.30. The van der Waals surface area contributed by atoms with Crippen molar-refractivity contribution >= 4 is 5.91 Å². The summed E-state index contributed by atoms with van der Waals surface area (Å²) in [5, 5.41) is 11.8. The molecular weight excluding hydrogens is 230 g/mol. The Morgan fingerprint density at radius 1 is 1.39 bits per heavy atom. The molecule has 0 saturated carbocycles. The molecule has 1 aromatic carbocycles. The summed E-state index contributed by atoms with van der Waals surface area (Å²) in [5.41, 5.74) is 0.370. The summed E-state index contributed by atoms with van der Waals surface area (Å²) >= 11 is 0. The van der Waals surface area contributed by atoms with Crippen LogP contribution in [-0.2, 0) is 9.53 Å². The van der Waals surface area contributed by atoms with E-state index in [1.165, 1.54) is 7.11 Å². The lowest BCUT2D eigenvalue weighted by Gasteiger charge is -2.27. The van der Waals surface area contributed by atoms with E-state index in [4.69, 9.17) is 9.84 Å². The van der Waals surface area contributed by atoms with E-state index in [0.717, 1.165) is 5.56 Å². The number of carbonyl (C=O) groups excluding carboxylic acids is 1. The molecule has 0 aliphatic heterocycles. The van der Waals surface area contributed by atoms with Crippen molar-refractivity contribution in [2.24, 2.45) is 0 Å². The number of ether oxygens (including phenoxy) is 1. The first-order chi connectivity index (χ1) is 8.50. The highest BCUT2D eigenvalue weighted by molar-refractivity contribution is 5.82. The number of hydrogen-bond donors (Lipinski definition) is 2. The quantitative estimate of drug-likeness (QED) is 0.808. The van der Waals surface area contributed by atoms with E-state index in [-0.39, 0.29) is 12.5 Å². The minimum absolute atomic E-state index is 0.0380. The van der Waals surface area contributed by atoms with Crippen molar-refractivity contribution in [3.05, 3.63) is 35.9 Å². The molecule has 0 aliphatic carbocycles. The Labute approximate surface area is 108 Å². The fourth-order valence-electron chi connectivity index (χ4n) is 1.76. The highest BCUT2D eigenvalue weighted by atomic mass is 16.5. The van der Waals surface area contributed by atoms with Gasteiger partial charge in [-0.2, -0.15) is 0 Å². The van der Waals surface area contributed by atoms with E-state index in [1.54, 1.807) is 0 Å².